The van der Waals surface area contributed by atoms with Gasteiger partial charge in [0.1, 0.15) is 0 Å². The zero-order chi connectivity index (χ0) is 12.9. The van der Waals surface area contributed by atoms with Crippen molar-refractivity contribution in [2.24, 2.45) is 0 Å². The number of hydrogen-bond acceptors (Lipinski definition) is 1. The number of hydrogen-bond donors (Lipinski definition) is 1. The van der Waals surface area contributed by atoms with Gasteiger partial charge < -0.3 is 5.32 Å². The molecule has 0 unspecified atom stereocenters. The highest BCUT2D eigenvalue weighted by Crippen LogP contribution is 2.11. The summed E-state index contributed by atoms with van der Waals surface area (Å²) in [5.74, 6) is 0.0175. The lowest BCUT2D eigenvalue weighted by molar-refractivity contribution is -0.118. The summed E-state index contributed by atoms with van der Waals surface area (Å²) in [6.45, 7) is 7.96. The van der Waals surface area contributed by atoms with Crippen molar-refractivity contribution >= 4 is 12.0 Å². The summed E-state index contributed by atoms with van der Waals surface area (Å²) in [6, 6.07) is 9.92. The third kappa shape index (κ3) is 4.85. The smallest absolute Gasteiger partial charge is 0.247 e. The molecule has 0 spiro atoms. The van der Waals surface area contributed by atoms with Gasteiger partial charge in [-0.05, 0) is 38.8 Å². The van der Waals surface area contributed by atoms with Gasteiger partial charge in [-0.15, -0.1) is 0 Å². The third-order valence-corrected chi connectivity index (χ3v) is 2.30. The van der Waals surface area contributed by atoms with Crippen LogP contribution in [0, 0.1) is 0 Å². The number of carbonyl (C=O) groups is 1. The zero-order valence-corrected chi connectivity index (χ0v) is 11.1. The van der Waals surface area contributed by atoms with Gasteiger partial charge in [-0.25, -0.2) is 0 Å². The SMILES string of the molecule is CC/C(=C\c1ccccc1)C(=O)NC(C)(C)C. The largest absolute Gasteiger partial charge is 0.348 e. The second-order valence-corrected chi connectivity index (χ2v) is 5.14. The molecule has 0 aromatic heterocycles. The Balaban J connectivity index is 2.85. The lowest BCUT2D eigenvalue weighted by atomic mass is 10.0. The third-order valence-electron chi connectivity index (χ3n) is 2.30. The molecule has 0 atom stereocenters. The molecule has 0 aliphatic carbocycles. The van der Waals surface area contributed by atoms with Crippen LogP contribution in [0.25, 0.3) is 6.08 Å². The fraction of sp³-hybridized carbons (Fsp3) is 0.400. The van der Waals surface area contributed by atoms with E-state index in [0.29, 0.717) is 0 Å². The molecular formula is C15H21NO. The monoisotopic (exact) mass is 231 g/mol. The molecule has 0 fully saturated rings. The maximum absolute atomic E-state index is 12.0. The molecule has 1 amide bonds. The molecule has 17 heavy (non-hydrogen) atoms. The molecule has 0 saturated carbocycles. The normalized spacial score (nSPS) is 12.4. The van der Waals surface area contributed by atoms with Crippen molar-refractivity contribution in [3.63, 3.8) is 0 Å². The first-order chi connectivity index (χ1) is 7.92. The van der Waals surface area contributed by atoms with E-state index in [2.05, 4.69) is 5.32 Å². The number of benzene rings is 1. The van der Waals surface area contributed by atoms with Crippen molar-refractivity contribution in [3.8, 4) is 0 Å². The van der Waals surface area contributed by atoms with Crippen molar-refractivity contribution in [2.45, 2.75) is 39.7 Å². The van der Waals surface area contributed by atoms with Crippen LogP contribution in [0.5, 0.6) is 0 Å². The van der Waals surface area contributed by atoms with Gasteiger partial charge in [0, 0.05) is 11.1 Å². The minimum Gasteiger partial charge on any atom is -0.348 e. The molecule has 1 rings (SSSR count). The second-order valence-electron chi connectivity index (χ2n) is 5.14. The van der Waals surface area contributed by atoms with Crippen LogP contribution in [0.3, 0.4) is 0 Å². The van der Waals surface area contributed by atoms with Gasteiger partial charge in [-0.2, -0.15) is 0 Å². The predicted molar refractivity (Wildman–Crippen MR) is 72.6 cm³/mol. The fourth-order valence-corrected chi connectivity index (χ4v) is 1.50. The highest BCUT2D eigenvalue weighted by atomic mass is 16.1. The number of rotatable bonds is 3. The van der Waals surface area contributed by atoms with E-state index in [0.717, 1.165) is 17.6 Å². The van der Waals surface area contributed by atoms with Crippen molar-refractivity contribution in [1.82, 2.24) is 5.32 Å². The van der Waals surface area contributed by atoms with E-state index in [-0.39, 0.29) is 11.4 Å². The van der Waals surface area contributed by atoms with E-state index in [1.807, 2.05) is 64.1 Å². The van der Waals surface area contributed by atoms with Gasteiger partial charge in [0.2, 0.25) is 5.91 Å². The highest BCUT2D eigenvalue weighted by molar-refractivity contribution is 5.98. The molecule has 0 aliphatic heterocycles. The second kappa shape index (κ2) is 5.67. The Kier molecular flexibility index (Phi) is 4.50. The molecule has 1 N–H and O–H groups in total. The summed E-state index contributed by atoms with van der Waals surface area (Å²) in [5.41, 5.74) is 1.68. The fourth-order valence-electron chi connectivity index (χ4n) is 1.50. The number of carbonyl (C=O) groups excluding carboxylic acids is 1. The Morgan fingerprint density at radius 2 is 1.82 bits per heavy atom. The summed E-state index contributed by atoms with van der Waals surface area (Å²) in [4.78, 5) is 12.0. The van der Waals surface area contributed by atoms with E-state index in [9.17, 15) is 4.79 Å². The topological polar surface area (TPSA) is 29.1 Å². The maximum Gasteiger partial charge on any atom is 0.247 e. The molecule has 1 aromatic carbocycles. The van der Waals surface area contributed by atoms with Crippen LogP contribution in [0.1, 0.15) is 39.7 Å². The van der Waals surface area contributed by atoms with Crippen LogP contribution >= 0.6 is 0 Å². The Hall–Kier alpha value is -1.57. The van der Waals surface area contributed by atoms with Crippen LogP contribution in [-0.2, 0) is 4.79 Å². The number of nitrogens with one attached hydrogen (secondary N) is 1. The minimum absolute atomic E-state index is 0.0175. The lowest BCUT2D eigenvalue weighted by Gasteiger charge is -2.21. The van der Waals surface area contributed by atoms with Crippen LogP contribution in [0.4, 0.5) is 0 Å². The van der Waals surface area contributed by atoms with Crippen molar-refractivity contribution in [2.75, 3.05) is 0 Å². The standard InChI is InChI=1S/C15H21NO/c1-5-13(14(17)16-15(2,3)4)11-12-9-7-6-8-10-12/h6-11H,5H2,1-4H3,(H,16,17)/b13-11+. The van der Waals surface area contributed by atoms with Crippen molar-refractivity contribution < 1.29 is 4.79 Å². The first kappa shape index (κ1) is 13.5. The summed E-state index contributed by atoms with van der Waals surface area (Å²) in [7, 11) is 0. The number of amides is 1. The average Bonchev–Trinajstić information content (AvgIpc) is 2.24. The minimum atomic E-state index is -0.192. The quantitative estimate of drug-likeness (QED) is 0.794. The van der Waals surface area contributed by atoms with Crippen molar-refractivity contribution in [1.29, 1.82) is 0 Å². The molecule has 0 aliphatic rings. The van der Waals surface area contributed by atoms with E-state index in [1.54, 1.807) is 0 Å². The van der Waals surface area contributed by atoms with Gasteiger partial charge in [0.25, 0.3) is 0 Å². The van der Waals surface area contributed by atoms with Gasteiger partial charge >= 0.3 is 0 Å². The van der Waals surface area contributed by atoms with E-state index in [1.165, 1.54) is 0 Å². The Morgan fingerprint density at radius 1 is 1.24 bits per heavy atom. The van der Waals surface area contributed by atoms with Crippen molar-refractivity contribution in [3.05, 3.63) is 41.5 Å². The Bertz CT molecular complexity index is 399. The van der Waals surface area contributed by atoms with E-state index < -0.39 is 0 Å². The van der Waals surface area contributed by atoms with E-state index >= 15 is 0 Å². The summed E-state index contributed by atoms with van der Waals surface area (Å²) in [6.07, 6.45) is 2.68. The molecule has 2 heteroatoms. The van der Waals surface area contributed by atoms with Crippen LogP contribution in [0.2, 0.25) is 0 Å². The molecule has 0 saturated heterocycles. The van der Waals surface area contributed by atoms with E-state index in [4.69, 9.17) is 0 Å². The van der Waals surface area contributed by atoms with Gasteiger partial charge in [-0.3, -0.25) is 4.79 Å². The molecule has 0 heterocycles. The predicted octanol–water partition coefficient (Wildman–Crippen LogP) is 3.39. The zero-order valence-electron chi connectivity index (χ0n) is 11.1. The first-order valence-corrected chi connectivity index (χ1v) is 6.00. The maximum atomic E-state index is 12.0. The Labute approximate surface area is 104 Å². The summed E-state index contributed by atoms with van der Waals surface area (Å²) in [5, 5.41) is 2.98. The Morgan fingerprint density at radius 3 is 2.29 bits per heavy atom. The van der Waals surface area contributed by atoms with Crippen LogP contribution in [0.15, 0.2) is 35.9 Å². The highest BCUT2D eigenvalue weighted by Gasteiger charge is 2.15. The first-order valence-electron chi connectivity index (χ1n) is 6.00. The molecule has 2 nitrogen and oxygen atoms in total. The molecule has 92 valence electrons. The molecule has 0 radical (unpaired) electrons. The molecular weight excluding hydrogens is 210 g/mol. The lowest BCUT2D eigenvalue weighted by Crippen LogP contribution is -2.41. The van der Waals surface area contributed by atoms with Gasteiger partial charge in [0.05, 0.1) is 0 Å². The van der Waals surface area contributed by atoms with Crippen LogP contribution < -0.4 is 5.32 Å². The summed E-state index contributed by atoms with van der Waals surface area (Å²) >= 11 is 0. The van der Waals surface area contributed by atoms with Gasteiger partial charge in [0.15, 0.2) is 0 Å². The van der Waals surface area contributed by atoms with Crippen LogP contribution in [-0.4, -0.2) is 11.4 Å². The molecule has 0 bridgehead atoms. The average molecular weight is 231 g/mol. The molecule has 1 aromatic rings. The van der Waals surface area contributed by atoms with Gasteiger partial charge in [-0.1, -0.05) is 37.3 Å². The summed E-state index contributed by atoms with van der Waals surface area (Å²) < 4.78 is 0.